The van der Waals surface area contributed by atoms with Crippen LogP contribution in [0.15, 0.2) is 16.3 Å². The molecule has 11 heavy (non-hydrogen) atoms. The molecule has 0 bridgehead atoms. The van der Waals surface area contributed by atoms with Crippen molar-refractivity contribution in [3.05, 3.63) is 11.4 Å². The fourth-order valence-electron chi connectivity index (χ4n) is 0.613. The molecule has 3 nitrogen and oxygen atoms in total. The van der Waals surface area contributed by atoms with Gasteiger partial charge < -0.3 is 4.74 Å². The Morgan fingerprint density at radius 3 is 2.64 bits per heavy atom. The zero-order valence-corrected chi connectivity index (χ0v) is 7.96. The normalized spacial score (nSPS) is 11.5. The van der Waals surface area contributed by atoms with Crippen LogP contribution in [0.5, 0.6) is 5.06 Å². The third-order valence-electron chi connectivity index (χ3n) is 1.04. The van der Waals surface area contributed by atoms with E-state index in [1.54, 1.807) is 5.38 Å². The highest BCUT2D eigenvalue weighted by molar-refractivity contribution is 8.14. The molecule has 1 aromatic heterocycles. The lowest BCUT2D eigenvalue weighted by molar-refractivity contribution is 0.416. The number of thiophene rings is 1. The van der Waals surface area contributed by atoms with E-state index in [2.05, 4.69) is 0 Å². The van der Waals surface area contributed by atoms with E-state index in [1.807, 2.05) is 0 Å². The van der Waals surface area contributed by atoms with Crippen LogP contribution in [0.25, 0.3) is 0 Å². The van der Waals surface area contributed by atoms with Gasteiger partial charge >= 0.3 is 0 Å². The molecule has 0 aliphatic rings. The van der Waals surface area contributed by atoms with Crippen molar-refractivity contribution in [2.75, 3.05) is 7.11 Å². The van der Waals surface area contributed by atoms with E-state index in [0.29, 0.717) is 5.06 Å². The van der Waals surface area contributed by atoms with Gasteiger partial charge in [-0.05, 0) is 11.4 Å². The number of halogens is 1. The minimum Gasteiger partial charge on any atom is -0.486 e. The summed E-state index contributed by atoms with van der Waals surface area (Å²) < 4.78 is 26.3. The van der Waals surface area contributed by atoms with Gasteiger partial charge in [0.25, 0.3) is 9.05 Å². The molecule has 6 heteroatoms. The highest BCUT2D eigenvalue weighted by Gasteiger charge is 2.16. The summed E-state index contributed by atoms with van der Waals surface area (Å²) in [6.07, 6.45) is 0. The Bertz CT molecular complexity index is 340. The fraction of sp³-hybridized carbons (Fsp3) is 0.200. The van der Waals surface area contributed by atoms with E-state index < -0.39 is 9.05 Å². The highest BCUT2D eigenvalue weighted by Crippen LogP contribution is 2.31. The van der Waals surface area contributed by atoms with Gasteiger partial charge in [-0.1, -0.05) is 0 Å². The van der Waals surface area contributed by atoms with Gasteiger partial charge in [0.15, 0.2) is 5.06 Å². The Kier molecular flexibility index (Phi) is 2.41. The molecule has 0 atom stereocenters. The van der Waals surface area contributed by atoms with Gasteiger partial charge in [0.05, 0.1) is 7.11 Å². The second-order valence-electron chi connectivity index (χ2n) is 1.71. The molecule has 0 amide bonds. The van der Waals surface area contributed by atoms with E-state index in [1.165, 1.54) is 24.5 Å². The SMILES string of the molecule is COc1sccc1S(=O)(=O)Cl. The standard InChI is InChI=1S/C5H5ClO3S2/c1-9-5-4(2-3-10-5)11(6,7)8/h2-3H,1H3. The number of hydrogen-bond donors (Lipinski definition) is 0. The zero-order valence-electron chi connectivity index (χ0n) is 5.57. The maximum absolute atomic E-state index is 10.8. The summed E-state index contributed by atoms with van der Waals surface area (Å²) in [7, 11) is 2.84. The molecular formula is C5H5ClO3S2. The Labute approximate surface area is 73.0 Å². The molecule has 1 aromatic rings. The van der Waals surface area contributed by atoms with Gasteiger partial charge in [-0.25, -0.2) is 8.42 Å². The van der Waals surface area contributed by atoms with Crippen molar-refractivity contribution in [1.29, 1.82) is 0 Å². The van der Waals surface area contributed by atoms with Crippen LogP contribution in [0.3, 0.4) is 0 Å². The van der Waals surface area contributed by atoms with Gasteiger partial charge in [0.1, 0.15) is 4.90 Å². The monoisotopic (exact) mass is 212 g/mol. The summed E-state index contributed by atoms with van der Waals surface area (Å²) in [5, 5.41) is 1.92. The van der Waals surface area contributed by atoms with Crippen LogP contribution in [0.2, 0.25) is 0 Å². The van der Waals surface area contributed by atoms with Crippen LogP contribution >= 0.6 is 22.0 Å². The first kappa shape index (κ1) is 8.83. The third kappa shape index (κ3) is 1.85. The molecule has 0 N–H and O–H groups in total. The van der Waals surface area contributed by atoms with Crippen LogP contribution in [0.1, 0.15) is 0 Å². The fourth-order valence-corrected chi connectivity index (χ4v) is 2.80. The van der Waals surface area contributed by atoms with E-state index in [0.717, 1.165) is 0 Å². The van der Waals surface area contributed by atoms with Gasteiger partial charge in [-0.2, -0.15) is 0 Å². The molecule has 0 saturated carbocycles. The van der Waals surface area contributed by atoms with E-state index in [-0.39, 0.29) is 4.90 Å². The summed E-state index contributed by atoms with van der Waals surface area (Å²) in [6.45, 7) is 0. The highest BCUT2D eigenvalue weighted by atomic mass is 35.7. The third-order valence-corrected chi connectivity index (χ3v) is 3.39. The Hall–Kier alpha value is -0.260. The molecule has 0 spiro atoms. The summed E-state index contributed by atoms with van der Waals surface area (Å²) in [5.41, 5.74) is 0. The lowest BCUT2D eigenvalue weighted by Gasteiger charge is -1.95. The van der Waals surface area contributed by atoms with Crippen LogP contribution in [0, 0.1) is 0 Å². The van der Waals surface area contributed by atoms with Crippen molar-refractivity contribution >= 4 is 31.1 Å². The average Bonchev–Trinajstić information content (AvgIpc) is 2.31. The predicted molar refractivity (Wildman–Crippen MR) is 43.9 cm³/mol. The maximum Gasteiger partial charge on any atom is 0.265 e. The number of rotatable bonds is 2. The van der Waals surface area contributed by atoms with Crippen LogP contribution in [-0.4, -0.2) is 15.5 Å². The minimum atomic E-state index is -3.64. The summed E-state index contributed by atoms with van der Waals surface area (Å²) in [4.78, 5) is 0.0340. The largest absolute Gasteiger partial charge is 0.486 e. The number of ether oxygens (including phenoxy) is 1. The molecule has 0 radical (unpaired) electrons. The minimum absolute atomic E-state index is 0.0340. The Morgan fingerprint density at radius 1 is 1.64 bits per heavy atom. The van der Waals surface area contributed by atoms with Crippen LogP contribution in [-0.2, 0) is 9.05 Å². The predicted octanol–water partition coefficient (Wildman–Crippen LogP) is 1.68. The molecule has 62 valence electrons. The van der Waals surface area contributed by atoms with Gasteiger partial charge in [0.2, 0.25) is 0 Å². The van der Waals surface area contributed by atoms with Crippen molar-refractivity contribution in [1.82, 2.24) is 0 Å². The van der Waals surface area contributed by atoms with Crippen molar-refractivity contribution in [3.8, 4) is 5.06 Å². The molecule has 1 rings (SSSR count). The van der Waals surface area contributed by atoms with Crippen molar-refractivity contribution in [2.24, 2.45) is 0 Å². The van der Waals surface area contributed by atoms with Crippen molar-refractivity contribution in [2.45, 2.75) is 4.90 Å². The van der Waals surface area contributed by atoms with Crippen molar-refractivity contribution < 1.29 is 13.2 Å². The summed E-state index contributed by atoms with van der Waals surface area (Å²) >= 11 is 1.19. The first-order valence-corrected chi connectivity index (χ1v) is 5.80. The van der Waals surface area contributed by atoms with Crippen LogP contribution < -0.4 is 4.74 Å². The average molecular weight is 213 g/mol. The lowest BCUT2D eigenvalue weighted by atomic mass is 10.6. The lowest BCUT2D eigenvalue weighted by Crippen LogP contribution is -1.90. The van der Waals surface area contributed by atoms with E-state index in [4.69, 9.17) is 15.4 Å². The van der Waals surface area contributed by atoms with Gasteiger partial charge in [-0.15, -0.1) is 11.3 Å². The Morgan fingerprint density at radius 2 is 2.27 bits per heavy atom. The van der Waals surface area contributed by atoms with Gasteiger partial charge in [-0.3, -0.25) is 0 Å². The number of hydrogen-bond acceptors (Lipinski definition) is 4. The van der Waals surface area contributed by atoms with Gasteiger partial charge in [0, 0.05) is 10.7 Å². The molecule has 0 aliphatic carbocycles. The smallest absolute Gasteiger partial charge is 0.265 e. The quantitative estimate of drug-likeness (QED) is 0.701. The maximum atomic E-state index is 10.8. The van der Waals surface area contributed by atoms with E-state index in [9.17, 15) is 8.42 Å². The van der Waals surface area contributed by atoms with Crippen LogP contribution in [0.4, 0.5) is 0 Å². The molecule has 0 saturated heterocycles. The Balaban J connectivity index is 3.24. The molecular weight excluding hydrogens is 208 g/mol. The first-order valence-electron chi connectivity index (χ1n) is 2.62. The molecule has 0 aromatic carbocycles. The molecule has 1 heterocycles. The number of methoxy groups -OCH3 is 1. The molecule has 0 fully saturated rings. The zero-order chi connectivity index (χ0) is 8.48. The summed E-state index contributed by atoms with van der Waals surface area (Å²) in [5.74, 6) is 0. The second-order valence-corrected chi connectivity index (χ2v) is 5.13. The van der Waals surface area contributed by atoms with E-state index >= 15 is 0 Å². The molecule has 0 aliphatic heterocycles. The first-order chi connectivity index (χ1) is 5.05. The van der Waals surface area contributed by atoms with Crippen molar-refractivity contribution in [3.63, 3.8) is 0 Å². The topological polar surface area (TPSA) is 43.4 Å². The second kappa shape index (κ2) is 3.00. The molecule has 0 unspecified atom stereocenters. The summed E-state index contributed by atoms with van der Waals surface area (Å²) in [6, 6.07) is 1.41.